The Bertz CT molecular complexity index is 582. The van der Waals surface area contributed by atoms with Crippen molar-refractivity contribution < 1.29 is 5.11 Å². The minimum absolute atomic E-state index is 0.141. The average Bonchev–Trinajstić information content (AvgIpc) is 3.08. The van der Waals surface area contributed by atoms with Crippen molar-refractivity contribution in [2.45, 2.75) is 52.2 Å². The van der Waals surface area contributed by atoms with Crippen LogP contribution in [0, 0.1) is 11.3 Å². The Kier molecular flexibility index (Phi) is 3.93. The van der Waals surface area contributed by atoms with Crippen molar-refractivity contribution in [3.05, 3.63) is 29.9 Å². The molecule has 1 saturated carbocycles. The lowest BCUT2D eigenvalue weighted by atomic mass is 9.70. The monoisotopic (exact) mass is 304 g/mol. The molecule has 4 heteroatoms. The summed E-state index contributed by atoms with van der Waals surface area (Å²) in [6.07, 6.45) is 6.63. The summed E-state index contributed by atoms with van der Waals surface area (Å²) in [6.45, 7) is 6.92. The van der Waals surface area contributed by atoms with Crippen LogP contribution in [-0.2, 0) is 0 Å². The first kappa shape index (κ1) is 14.8. The summed E-state index contributed by atoms with van der Waals surface area (Å²) in [7, 11) is 0. The maximum absolute atomic E-state index is 10.5. The van der Waals surface area contributed by atoms with E-state index in [0.29, 0.717) is 11.3 Å². The van der Waals surface area contributed by atoms with Gasteiger partial charge >= 0.3 is 0 Å². The van der Waals surface area contributed by atoms with E-state index >= 15 is 0 Å². The van der Waals surface area contributed by atoms with E-state index in [9.17, 15) is 5.11 Å². The molecular weight excluding hydrogens is 280 g/mol. The van der Waals surface area contributed by atoms with Crippen molar-refractivity contribution in [2.75, 3.05) is 0 Å². The summed E-state index contributed by atoms with van der Waals surface area (Å²) in [4.78, 5) is 5.69. The van der Waals surface area contributed by atoms with E-state index < -0.39 is 0 Å². The number of aliphatic hydroxyl groups excluding tert-OH is 1. The van der Waals surface area contributed by atoms with Crippen molar-refractivity contribution in [1.29, 1.82) is 0 Å². The lowest BCUT2D eigenvalue weighted by Gasteiger charge is -2.40. The zero-order valence-electron chi connectivity index (χ0n) is 13.0. The molecule has 0 bridgehead atoms. The molecule has 3 atom stereocenters. The summed E-state index contributed by atoms with van der Waals surface area (Å²) in [5.74, 6) is 1.63. The average molecular weight is 304 g/mol. The highest BCUT2D eigenvalue weighted by Gasteiger charge is 2.36. The van der Waals surface area contributed by atoms with Gasteiger partial charge in [0.15, 0.2) is 0 Å². The predicted molar refractivity (Wildman–Crippen MR) is 87.4 cm³/mol. The van der Waals surface area contributed by atoms with E-state index in [-0.39, 0.29) is 12.1 Å². The second-order valence-electron chi connectivity index (χ2n) is 7.15. The van der Waals surface area contributed by atoms with Crippen LogP contribution in [0.4, 0.5) is 0 Å². The quantitative estimate of drug-likeness (QED) is 0.895. The van der Waals surface area contributed by atoms with E-state index in [2.05, 4.69) is 41.8 Å². The van der Waals surface area contributed by atoms with Crippen molar-refractivity contribution in [1.82, 2.24) is 9.55 Å². The van der Waals surface area contributed by atoms with Gasteiger partial charge in [-0.1, -0.05) is 26.8 Å². The summed E-state index contributed by atoms with van der Waals surface area (Å²) >= 11 is 1.70. The topological polar surface area (TPSA) is 38.0 Å². The van der Waals surface area contributed by atoms with Gasteiger partial charge in [-0.25, -0.2) is 4.98 Å². The summed E-state index contributed by atoms with van der Waals surface area (Å²) in [5, 5.41) is 12.6. The van der Waals surface area contributed by atoms with Crippen LogP contribution in [0.3, 0.4) is 0 Å². The Morgan fingerprint density at radius 2 is 2.14 bits per heavy atom. The lowest BCUT2D eigenvalue weighted by molar-refractivity contribution is 0.0259. The van der Waals surface area contributed by atoms with Crippen molar-refractivity contribution >= 4 is 11.3 Å². The molecule has 0 saturated heterocycles. The highest BCUT2D eigenvalue weighted by molar-refractivity contribution is 7.13. The maximum atomic E-state index is 10.5. The van der Waals surface area contributed by atoms with Crippen LogP contribution >= 0.6 is 11.3 Å². The fourth-order valence-corrected chi connectivity index (χ4v) is 4.12. The van der Waals surface area contributed by atoms with Gasteiger partial charge in [-0.05, 0) is 42.0 Å². The molecule has 0 radical (unpaired) electrons. The van der Waals surface area contributed by atoms with Gasteiger partial charge in [0.2, 0.25) is 0 Å². The van der Waals surface area contributed by atoms with Crippen molar-refractivity contribution in [3.8, 4) is 10.7 Å². The first-order chi connectivity index (χ1) is 9.97. The number of hydrogen-bond donors (Lipinski definition) is 1. The SMILES string of the molecule is CC(C)(C)C1CCC(O)C(n2ccnc2-c2cccs2)C1. The molecule has 0 aliphatic heterocycles. The second-order valence-corrected chi connectivity index (χ2v) is 8.09. The minimum atomic E-state index is -0.267. The minimum Gasteiger partial charge on any atom is -0.391 e. The molecular formula is C17H24N2OS. The molecule has 3 rings (SSSR count). The summed E-state index contributed by atoms with van der Waals surface area (Å²) < 4.78 is 2.19. The number of imidazole rings is 1. The smallest absolute Gasteiger partial charge is 0.150 e. The molecule has 1 N–H and O–H groups in total. The third kappa shape index (κ3) is 2.92. The van der Waals surface area contributed by atoms with E-state index in [4.69, 9.17) is 0 Å². The van der Waals surface area contributed by atoms with Crippen LogP contribution in [0.15, 0.2) is 29.9 Å². The van der Waals surface area contributed by atoms with Crippen LogP contribution < -0.4 is 0 Å². The van der Waals surface area contributed by atoms with Crippen LogP contribution in [0.5, 0.6) is 0 Å². The number of nitrogens with zero attached hydrogens (tertiary/aromatic N) is 2. The van der Waals surface area contributed by atoms with Gasteiger partial charge in [-0.3, -0.25) is 0 Å². The highest BCUT2D eigenvalue weighted by Crippen LogP contribution is 2.43. The van der Waals surface area contributed by atoms with Crippen LogP contribution in [-0.4, -0.2) is 20.8 Å². The van der Waals surface area contributed by atoms with Crippen LogP contribution in [0.1, 0.15) is 46.1 Å². The van der Waals surface area contributed by atoms with Crippen LogP contribution in [0.2, 0.25) is 0 Å². The van der Waals surface area contributed by atoms with Gasteiger partial charge in [-0.2, -0.15) is 0 Å². The first-order valence-corrected chi connectivity index (χ1v) is 8.59. The Labute approximate surface area is 130 Å². The summed E-state index contributed by atoms with van der Waals surface area (Å²) in [5.41, 5.74) is 0.294. The lowest BCUT2D eigenvalue weighted by Crippen LogP contribution is -2.36. The van der Waals surface area contributed by atoms with E-state index in [1.807, 2.05) is 18.5 Å². The molecule has 1 aliphatic rings. The maximum Gasteiger partial charge on any atom is 0.150 e. The Balaban J connectivity index is 1.90. The van der Waals surface area contributed by atoms with Gasteiger partial charge in [0, 0.05) is 12.4 Å². The molecule has 3 unspecified atom stereocenters. The largest absolute Gasteiger partial charge is 0.391 e. The zero-order valence-corrected chi connectivity index (χ0v) is 13.8. The number of hydrogen-bond acceptors (Lipinski definition) is 3. The third-order valence-corrected chi connectivity index (χ3v) is 5.64. The highest BCUT2D eigenvalue weighted by atomic mass is 32.1. The van der Waals surface area contributed by atoms with E-state index in [1.165, 1.54) is 4.88 Å². The first-order valence-electron chi connectivity index (χ1n) is 7.71. The Morgan fingerprint density at radius 3 is 2.81 bits per heavy atom. The molecule has 2 aromatic rings. The molecule has 1 fully saturated rings. The standard InChI is InChI=1S/C17H24N2OS/c1-17(2,3)12-6-7-14(20)13(11-12)19-9-8-18-16(19)15-5-4-10-21-15/h4-5,8-10,12-14,20H,6-7,11H2,1-3H3. The van der Waals surface area contributed by atoms with E-state index in [0.717, 1.165) is 25.1 Å². The fraction of sp³-hybridized carbons (Fsp3) is 0.588. The normalized spacial score (nSPS) is 27.0. The second kappa shape index (κ2) is 5.58. The van der Waals surface area contributed by atoms with Crippen molar-refractivity contribution in [3.63, 3.8) is 0 Å². The molecule has 2 heterocycles. The van der Waals surface area contributed by atoms with Crippen molar-refractivity contribution in [2.24, 2.45) is 11.3 Å². The van der Waals surface area contributed by atoms with Crippen LogP contribution in [0.25, 0.3) is 10.7 Å². The molecule has 0 aromatic carbocycles. The predicted octanol–water partition coefficient (Wildman–Crippen LogP) is 4.36. The Hall–Kier alpha value is -1.13. The van der Waals surface area contributed by atoms with Gasteiger partial charge in [0.05, 0.1) is 17.0 Å². The molecule has 114 valence electrons. The molecule has 21 heavy (non-hydrogen) atoms. The zero-order chi connectivity index (χ0) is 15.0. The molecule has 0 amide bonds. The fourth-order valence-electron chi connectivity index (χ4n) is 3.39. The van der Waals surface area contributed by atoms with E-state index in [1.54, 1.807) is 11.3 Å². The number of thiophene rings is 1. The summed E-state index contributed by atoms with van der Waals surface area (Å²) in [6, 6.07) is 4.29. The third-order valence-electron chi connectivity index (χ3n) is 4.77. The number of aliphatic hydroxyl groups is 1. The number of rotatable bonds is 2. The molecule has 3 nitrogen and oxygen atoms in total. The van der Waals surface area contributed by atoms with Gasteiger partial charge < -0.3 is 9.67 Å². The van der Waals surface area contributed by atoms with Gasteiger partial charge in [-0.15, -0.1) is 11.3 Å². The molecule has 0 spiro atoms. The van der Waals surface area contributed by atoms with Gasteiger partial charge in [0.25, 0.3) is 0 Å². The molecule has 2 aromatic heterocycles. The molecule has 1 aliphatic carbocycles. The van der Waals surface area contributed by atoms with Gasteiger partial charge in [0.1, 0.15) is 5.82 Å². The Morgan fingerprint density at radius 1 is 1.33 bits per heavy atom. The number of aromatic nitrogens is 2.